The second-order valence-electron chi connectivity index (χ2n) is 5.13. The summed E-state index contributed by atoms with van der Waals surface area (Å²) in [5.41, 5.74) is 7.36. The number of anilines is 1. The van der Waals surface area contributed by atoms with Gasteiger partial charge in [-0.1, -0.05) is 53.0 Å². The molecule has 0 heterocycles. The van der Waals surface area contributed by atoms with Crippen LogP contribution in [-0.2, 0) is 4.74 Å². The topological polar surface area (TPSA) is 69.4 Å². The molecule has 0 aliphatic rings. The summed E-state index contributed by atoms with van der Waals surface area (Å²) in [6.45, 7) is 3.42. The monoisotopic (exact) mass is 351 g/mol. The number of nitrogen functional groups attached to an aromatic ring is 1. The fraction of sp³-hybridized carbons (Fsp3) is 0.176. The summed E-state index contributed by atoms with van der Waals surface area (Å²) in [6, 6.07) is 9.79. The molecule has 2 N–H and O–H groups in total. The highest BCUT2D eigenvalue weighted by molar-refractivity contribution is 6.37. The molecule has 0 aliphatic carbocycles. The van der Waals surface area contributed by atoms with Crippen LogP contribution in [0, 0.1) is 6.92 Å². The molecule has 2 aromatic carbocycles. The minimum atomic E-state index is -0.956. The van der Waals surface area contributed by atoms with Crippen molar-refractivity contribution in [1.82, 2.24) is 0 Å². The van der Waals surface area contributed by atoms with E-state index >= 15 is 0 Å². The van der Waals surface area contributed by atoms with Crippen LogP contribution in [0.5, 0.6) is 0 Å². The van der Waals surface area contributed by atoms with Crippen LogP contribution in [0.4, 0.5) is 5.69 Å². The highest BCUT2D eigenvalue weighted by atomic mass is 35.5. The Hall–Kier alpha value is -2.04. The van der Waals surface area contributed by atoms with Crippen molar-refractivity contribution in [3.8, 4) is 0 Å². The van der Waals surface area contributed by atoms with E-state index in [1.807, 2.05) is 19.1 Å². The van der Waals surface area contributed by atoms with E-state index in [0.717, 1.165) is 5.56 Å². The second-order valence-corrected chi connectivity index (χ2v) is 5.97. The first-order valence-corrected chi connectivity index (χ1v) is 7.61. The number of aryl methyl sites for hydroxylation is 1. The molecule has 6 heteroatoms. The van der Waals surface area contributed by atoms with Gasteiger partial charge in [-0.05, 0) is 26.0 Å². The Labute approximate surface area is 144 Å². The zero-order valence-corrected chi connectivity index (χ0v) is 14.1. The van der Waals surface area contributed by atoms with E-state index in [9.17, 15) is 9.59 Å². The number of benzene rings is 2. The Kier molecular flexibility index (Phi) is 5.29. The first kappa shape index (κ1) is 17.3. The Balaban J connectivity index is 2.16. The van der Waals surface area contributed by atoms with E-state index in [-0.39, 0.29) is 27.1 Å². The van der Waals surface area contributed by atoms with Gasteiger partial charge in [0.15, 0.2) is 6.10 Å². The number of esters is 1. The summed E-state index contributed by atoms with van der Waals surface area (Å²) in [5.74, 6) is -1.05. The summed E-state index contributed by atoms with van der Waals surface area (Å²) >= 11 is 11.8. The Bertz CT molecular complexity index is 757. The van der Waals surface area contributed by atoms with E-state index in [4.69, 9.17) is 33.7 Å². The lowest BCUT2D eigenvalue weighted by Crippen LogP contribution is -2.25. The van der Waals surface area contributed by atoms with Gasteiger partial charge in [-0.2, -0.15) is 0 Å². The first-order valence-electron chi connectivity index (χ1n) is 6.86. The molecule has 0 bridgehead atoms. The lowest BCUT2D eigenvalue weighted by Gasteiger charge is -2.14. The summed E-state index contributed by atoms with van der Waals surface area (Å²) in [4.78, 5) is 24.5. The molecule has 0 unspecified atom stereocenters. The number of carbonyl (C=O) groups excluding carboxylic acids is 2. The third-order valence-electron chi connectivity index (χ3n) is 3.30. The molecule has 0 amide bonds. The third kappa shape index (κ3) is 4.03. The summed E-state index contributed by atoms with van der Waals surface area (Å²) in [5, 5.41) is 0.413. The van der Waals surface area contributed by atoms with Crippen LogP contribution in [0.25, 0.3) is 0 Å². The molecular weight excluding hydrogens is 337 g/mol. The SMILES string of the molecule is Cc1ccc(C(=O)[C@H](C)OC(=O)c2cc(Cl)cc(Cl)c2N)cc1. The van der Waals surface area contributed by atoms with Gasteiger partial charge in [0.05, 0.1) is 16.3 Å². The van der Waals surface area contributed by atoms with E-state index in [0.29, 0.717) is 5.56 Å². The molecule has 23 heavy (non-hydrogen) atoms. The van der Waals surface area contributed by atoms with Crippen molar-refractivity contribution in [2.24, 2.45) is 0 Å². The highest BCUT2D eigenvalue weighted by Gasteiger charge is 2.22. The smallest absolute Gasteiger partial charge is 0.341 e. The number of nitrogens with two attached hydrogens (primary N) is 1. The number of carbonyl (C=O) groups is 2. The number of hydrogen-bond donors (Lipinski definition) is 1. The van der Waals surface area contributed by atoms with Gasteiger partial charge in [0.1, 0.15) is 0 Å². The largest absolute Gasteiger partial charge is 0.451 e. The zero-order chi connectivity index (χ0) is 17.1. The molecule has 2 aromatic rings. The van der Waals surface area contributed by atoms with Crippen LogP contribution in [0.2, 0.25) is 10.0 Å². The Morgan fingerprint density at radius 3 is 2.35 bits per heavy atom. The molecule has 0 aromatic heterocycles. The number of rotatable bonds is 4. The minimum Gasteiger partial charge on any atom is -0.451 e. The van der Waals surface area contributed by atoms with Gasteiger partial charge in [0.25, 0.3) is 0 Å². The van der Waals surface area contributed by atoms with E-state index in [1.54, 1.807) is 12.1 Å². The molecule has 120 valence electrons. The predicted molar refractivity (Wildman–Crippen MR) is 91.3 cm³/mol. The van der Waals surface area contributed by atoms with Crippen LogP contribution in [0.3, 0.4) is 0 Å². The maximum atomic E-state index is 12.3. The van der Waals surface area contributed by atoms with Gasteiger partial charge in [-0.3, -0.25) is 4.79 Å². The van der Waals surface area contributed by atoms with Crippen molar-refractivity contribution < 1.29 is 14.3 Å². The summed E-state index contributed by atoms with van der Waals surface area (Å²) in [7, 11) is 0. The predicted octanol–water partition coefficient (Wildman–Crippen LogP) is 4.31. The van der Waals surface area contributed by atoms with Crippen molar-refractivity contribution >= 4 is 40.6 Å². The number of Topliss-reactive ketones (excluding diaryl/α,β-unsaturated/α-hetero) is 1. The van der Waals surface area contributed by atoms with Crippen LogP contribution in [-0.4, -0.2) is 17.9 Å². The van der Waals surface area contributed by atoms with Gasteiger partial charge in [0.2, 0.25) is 5.78 Å². The number of ether oxygens (including phenoxy) is 1. The number of halogens is 2. The summed E-state index contributed by atoms with van der Waals surface area (Å²) in [6.07, 6.45) is -0.956. The van der Waals surface area contributed by atoms with Crippen molar-refractivity contribution in [3.05, 3.63) is 63.1 Å². The standard InChI is InChI=1S/C17H15Cl2NO3/c1-9-3-5-11(6-4-9)16(21)10(2)23-17(22)13-7-12(18)8-14(19)15(13)20/h3-8,10H,20H2,1-2H3/t10-/m0/s1. The van der Waals surface area contributed by atoms with Gasteiger partial charge in [-0.15, -0.1) is 0 Å². The zero-order valence-electron chi connectivity index (χ0n) is 12.6. The lowest BCUT2D eigenvalue weighted by molar-refractivity contribution is 0.0320. The van der Waals surface area contributed by atoms with Crippen LogP contribution in [0.1, 0.15) is 33.2 Å². The lowest BCUT2D eigenvalue weighted by atomic mass is 10.1. The van der Waals surface area contributed by atoms with E-state index in [2.05, 4.69) is 0 Å². The molecule has 1 atom stereocenters. The van der Waals surface area contributed by atoms with Gasteiger partial charge < -0.3 is 10.5 Å². The third-order valence-corrected chi connectivity index (χ3v) is 3.83. The Morgan fingerprint density at radius 1 is 1.13 bits per heavy atom. The molecular formula is C17H15Cl2NO3. The van der Waals surface area contributed by atoms with Crippen molar-refractivity contribution in [2.45, 2.75) is 20.0 Å². The van der Waals surface area contributed by atoms with Crippen LogP contribution < -0.4 is 5.73 Å². The maximum Gasteiger partial charge on any atom is 0.341 e. The fourth-order valence-corrected chi connectivity index (χ4v) is 2.48. The molecule has 0 fully saturated rings. The van der Waals surface area contributed by atoms with Crippen LogP contribution in [0.15, 0.2) is 36.4 Å². The van der Waals surface area contributed by atoms with Gasteiger partial charge in [-0.25, -0.2) is 4.79 Å². The molecule has 0 aliphatic heterocycles. The molecule has 2 rings (SSSR count). The maximum absolute atomic E-state index is 12.3. The highest BCUT2D eigenvalue weighted by Crippen LogP contribution is 2.28. The van der Waals surface area contributed by atoms with Crippen molar-refractivity contribution in [2.75, 3.05) is 5.73 Å². The van der Waals surface area contributed by atoms with E-state index in [1.165, 1.54) is 19.1 Å². The van der Waals surface area contributed by atoms with Crippen molar-refractivity contribution in [3.63, 3.8) is 0 Å². The Morgan fingerprint density at radius 2 is 1.74 bits per heavy atom. The quantitative estimate of drug-likeness (QED) is 0.506. The van der Waals surface area contributed by atoms with E-state index < -0.39 is 12.1 Å². The molecule has 0 saturated heterocycles. The van der Waals surface area contributed by atoms with Gasteiger partial charge in [0, 0.05) is 10.6 Å². The fourth-order valence-electron chi connectivity index (χ4n) is 1.98. The molecule has 0 radical (unpaired) electrons. The van der Waals surface area contributed by atoms with Crippen molar-refractivity contribution in [1.29, 1.82) is 0 Å². The average molecular weight is 352 g/mol. The van der Waals surface area contributed by atoms with Crippen LogP contribution >= 0.6 is 23.2 Å². The number of hydrogen-bond acceptors (Lipinski definition) is 4. The molecule has 0 saturated carbocycles. The number of ketones is 1. The average Bonchev–Trinajstić information content (AvgIpc) is 2.50. The first-order chi connectivity index (χ1) is 10.8. The molecule has 4 nitrogen and oxygen atoms in total. The summed E-state index contributed by atoms with van der Waals surface area (Å²) < 4.78 is 5.19. The normalized spacial score (nSPS) is 11.8. The second kappa shape index (κ2) is 7.02. The minimum absolute atomic E-state index is 0.0334. The van der Waals surface area contributed by atoms with Gasteiger partial charge >= 0.3 is 5.97 Å². The molecule has 0 spiro atoms.